The summed E-state index contributed by atoms with van der Waals surface area (Å²) in [5.74, 6) is -0.833. The molecule has 0 atom stereocenters. The number of rotatable bonds is 13. The first-order valence-corrected chi connectivity index (χ1v) is 7.15. The Morgan fingerprint density at radius 3 is 1.10 bits per heavy atom. The van der Waals surface area contributed by atoms with Crippen LogP contribution in [-0.2, 0) is 23.7 Å². The molecule has 122 valence electrons. The highest BCUT2D eigenvalue weighted by atomic mass is 16.6. The summed E-state index contributed by atoms with van der Waals surface area (Å²) in [6.45, 7) is 10.8. The van der Waals surface area contributed by atoms with Gasteiger partial charge in [0.1, 0.15) is 0 Å². The minimum absolute atomic E-state index is 0.628. The highest BCUT2D eigenvalue weighted by Gasteiger charge is 1.91. The van der Waals surface area contributed by atoms with E-state index in [0.29, 0.717) is 39.6 Å². The van der Waals surface area contributed by atoms with Crippen LogP contribution in [-0.4, -0.2) is 63.9 Å². The van der Waals surface area contributed by atoms with E-state index in [-0.39, 0.29) is 0 Å². The zero-order valence-corrected chi connectivity index (χ0v) is 13.1. The molecule has 6 nitrogen and oxygen atoms in total. The van der Waals surface area contributed by atoms with Crippen molar-refractivity contribution in [1.82, 2.24) is 0 Å². The molecule has 0 aliphatic rings. The van der Waals surface area contributed by atoms with Crippen molar-refractivity contribution in [2.45, 2.75) is 33.6 Å². The van der Waals surface area contributed by atoms with Gasteiger partial charge in [-0.2, -0.15) is 0 Å². The Hall–Kier alpha value is -0.690. The first-order chi connectivity index (χ1) is 9.65. The summed E-state index contributed by atoms with van der Waals surface area (Å²) in [4.78, 5) is 9.00. The molecule has 0 heterocycles. The standard InChI is InChI=1S/C12H26O4.C2H4O2/c1-3-5-13-7-9-15-11-12-16-10-8-14-6-4-2;1-2(3)4/h3-12H2,1-2H3;1H3,(H,3,4). The van der Waals surface area contributed by atoms with Crippen molar-refractivity contribution in [3.05, 3.63) is 0 Å². The second-order valence-electron chi connectivity index (χ2n) is 3.97. The molecule has 20 heavy (non-hydrogen) atoms. The van der Waals surface area contributed by atoms with E-state index in [1.165, 1.54) is 0 Å². The van der Waals surface area contributed by atoms with Gasteiger partial charge in [-0.1, -0.05) is 13.8 Å². The van der Waals surface area contributed by atoms with Gasteiger partial charge in [0.2, 0.25) is 0 Å². The maximum absolute atomic E-state index is 9.00. The van der Waals surface area contributed by atoms with Crippen molar-refractivity contribution in [1.29, 1.82) is 0 Å². The second kappa shape index (κ2) is 20.6. The lowest BCUT2D eigenvalue weighted by Gasteiger charge is -2.06. The molecule has 0 aliphatic carbocycles. The Morgan fingerprint density at radius 2 is 0.900 bits per heavy atom. The molecule has 0 rings (SSSR count). The van der Waals surface area contributed by atoms with Crippen LogP contribution in [0.5, 0.6) is 0 Å². The summed E-state index contributed by atoms with van der Waals surface area (Å²) in [6, 6.07) is 0. The number of hydrogen-bond donors (Lipinski definition) is 1. The molecule has 0 saturated heterocycles. The molecule has 0 aliphatic heterocycles. The molecule has 0 amide bonds. The van der Waals surface area contributed by atoms with Crippen molar-refractivity contribution in [3.63, 3.8) is 0 Å². The topological polar surface area (TPSA) is 74.2 Å². The average molecular weight is 294 g/mol. The third kappa shape index (κ3) is 30.4. The molecule has 0 aromatic rings. The predicted octanol–water partition coefficient (Wildman–Crippen LogP) is 1.96. The van der Waals surface area contributed by atoms with E-state index >= 15 is 0 Å². The van der Waals surface area contributed by atoms with Gasteiger partial charge in [-0.3, -0.25) is 4.79 Å². The van der Waals surface area contributed by atoms with E-state index < -0.39 is 5.97 Å². The van der Waals surface area contributed by atoms with E-state index in [4.69, 9.17) is 28.8 Å². The number of carboxylic acids is 1. The molecule has 0 aromatic carbocycles. The predicted molar refractivity (Wildman–Crippen MR) is 77.2 cm³/mol. The summed E-state index contributed by atoms with van der Waals surface area (Å²) < 4.78 is 21.2. The van der Waals surface area contributed by atoms with Crippen molar-refractivity contribution >= 4 is 5.97 Å². The van der Waals surface area contributed by atoms with Gasteiger partial charge < -0.3 is 24.1 Å². The lowest BCUT2D eigenvalue weighted by Crippen LogP contribution is -2.12. The maximum atomic E-state index is 9.00. The number of carbonyl (C=O) groups is 1. The van der Waals surface area contributed by atoms with Gasteiger partial charge in [0.05, 0.1) is 39.6 Å². The fourth-order valence-electron chi connectivity index (χ4n) is 1.05. The Labute approximate surface area is 122 Å². The van der Waals surface area contributed by atoms with Gasteiger partial charge >= 0.3 is 0 Å². The van der Waals surface area contributed by atoms with Crippen LogP contribution in [0.1, 0.15) is 33.6 Å². The van der Waals surface area contributed by atoms with Crippen LogP contribution in [0.4, 0.5) is 0 Å². The minimum atomic E-state index is -0.833. The summed E-state index contributed by atoms with van der Waals surface area (Å²) >= 11 is 0. The Kier molecular flexibility index (Phi) is 22.3. The summed E-state index contributed by atoms with van der Waals surface area (Å²) in [5, 5.41) is 7.42. The summed E-state index contributed by atoms with van der Waals surface area (Å²) in [5.41, 5.74) is 0. The molecule has 0 fully saturated rings. The third-order valence-electron chi connectivity index (χ3n) is 1.81. The molecule has 0 spiro atoms. The molecule has 6 heteroatoms. The van der Waals surface area contributed by atoms with Gasteiger partial charge in [-0.25, -0.2) is 0 Å². The first kappa shape index (κ1) is 21.6. The van der Waals surface area contributed by atoms with Crippen LogP contribution < -0.4 is 0 Å². The van der Waals surface area contributed by atoms with E-state index in [2.05, 4.69) is 13.8 Å². The quantitative estimate of drug-likeness (QED) is 0.523. The lowest BCUT2D eigenvalue weighted by atomic mass is 10.5. The monoisotopic (exact) mass is 294 g/mol. The molecule has 0 saturated carbocycles. The van der Waals surface area contributed by atoms with Crippen LogP contribution in [0.2, 0.25) is 0 Å². The molecule has 0 unspecified atom stereocenters. The number of aliphatic carboxylic acids is 1. The first-order valence-electron chi connectivity index (χ1n) is 7.15. The van der Waals surface area contributed by atoms with Crippen molar-refractivity contribution in [2.24, 2.45) is 0 Å². The van der Waals surface area contributed by atoms with Crippen molar-refractivity contribution < 1.29 is 28.8 Å². The van der Waals surface area contributed by atoms with E-state index in [9.17, 15) is 0 Å². The Bertz CT molecular complexity index is 169. The maximum Gasteiger partial charge on any atom is 0.300 e. The molecule has 0 radical (unpaired) electrons. The number of ether oxygens (including phenoxy) is 4. The fraction of sp³-hybridized carbons (Fsp3) is 0.929. The van der Waals surface area contributed by atoms with Crippen LogP contribution >= 0.6 is 0 Å². The van der Waals surface area contributed by atoms with Gasteiger partial charge in [0.25, 0.3) is 5.97 Å². The van der Waals surface area contributed by atoms with Gasteiger partial charge in [-0.15, -0.1) is 0 Å². The van der Waals surface area contributed by atoms with Crippen molar-refractivity contribution in [2.75, 3.05) is 52.9 Å². The van der Waals surface area contributed by atoms with E-state index in [1.54, 1.807) is 0 Å². The van der Waals surface area contributed by atoms with Gasteiger partial charge in [0, 0.05) is 20.1 Å². The minimum Gasteiger partial charge on any atom is -0.481 e. The summed E-state index contributed by atoms with van der Waals surface area (Å²) in [7, 11) is 0. The largest absolute Gasteiger partial charge is 0.481 e. The lowest BCUT2D eigenvalue weighted by molar-refractivity contribution is -0.134. The van der Waals surface area contributed by atoms with Crippen LogP contribution in [0.15, 0.2) is 0 Å². The smallest absolute Gasteiger partial charge is 0.300 e. The molecule has 0 aromatic heterocycles. The number of carboxylic acid groups (broad SMARTS) is 1. The highest BCUT2D eigenvalue weighted by molar-refractivity contribution is 5.62. The van der Waals surface area contributed by atoms with E-state index in [1.807, 2.05) is 0 Å². The number of hydrogen-bond acceptors (Lipinski definition) is 5. The van der Waals surface area contributed by atoms with Crippen molar-refractivity contribution in [3.8, 4) is 0 Å². The zero-order valence-electron chi connectivity index (χ0n) is 13.1. The zero-order chi connectivity index (χ0) is 15.5. The third-order valence-corrected chi connectivity index (χ3v) is 1.81. The fourth-order valence-corrected chi connectivity index (χ4v) is 1.05. The Morgan fingerprint density at radius 1 is 0.700 bits per heavy atom. The Balaban J connectivity index is 0. The van der Waals surface area contributed by atoms with Crippen LogP contribution in [0.3, 0.4) is 0 Å². The molecule has 1 N–H and O–H groups in total. The SMILES string of the molecule is CC(=O)O.CCCOCCOCCOCCOCCC. The van der Waals surface area contributed by atoms with Crippen LogP contribution in [0.25, 0.3) is 0 Å². The molecule has 0 bridgehead atoms. The van der Waals surface area contributed by atoms with Gasteiger partial charge in [0.15, 0.2) is 0 Å². The normalized spacial score (nSPS) is 9.95. The average Bonchev–Trinajstić information content (AvgIpc) is 2.39. The van der Waals surface area contributed by atoms with E-state index in [0.717, 1.165) is 33.0 Å². The van der Waals surface area contributed by atoms with Crippen LogP contribution in [0, 0.1) is 0 Å². The molecular weight excluding hydrogens is 264 g/mol. The van der Waals surface area contributed by atoms with Gasteiger partial charge in [-0.05, 0) is 12.8 Å². The summed E-state index contributed by atoms with van der Waals surface area (Å²) in [6.07, 6.45) is 2.11. The highest BCUT2D eigenvalue weighted by Crippen LogP contribution is 1.84. The second-order valence-corrected chi connectivity index (χ2v) is 3.97. The molecular formula is C14H30O6.